The molecule has 3 heteroatoms. The third-order valence-electron chi connectivity index (χ3n) is 1.20. The summed E-state index contributed by atoms with van der Waals surface area (Å²) in [5, 5.41) is 1.29. The topological polar surface area (TPSA) is 9.23 Å². The van der Waals surface area contributed by atoms with Gasteiger partial charge in [-0.05, 0) is 18.2 Å². The Bertz CT molecular complexity index is 248. The molecule has 1 nitrogen and oxygen atoms in total. The summed E-state index contributed by atoms with van der Waals surface area (Å²) in [6.07, 6.45) is 0. The Labute approximate surface area is 75.9 Å². The molecule has 0 unspecified atom stereocenters. The fourth-order valence-corrected chi connectivity index (χ4v) is 1.07. The summed E-state index contributed by atoms with van der Waals surface area (Å²) < 4.78 is 4.80. The quantitative estimate of drug-likeness (QED) is 0.695. The van der Waals surface area contributed by atoms with E-state index in [0.29, 0.717) is 10.0 Å². The number of benzene rings is 1. The molecule has 0 spiro atoms. The lowest BCUT2D eigenvalue weighted by atomic mass is 10.2. The first-order valence-electron chi connectivity index (χ1n) is 3.05. The van der Waals surface area contributed by atoms with E-state index in [0.717, 1.165) is 5.56 Å². The summed E-state index contributed by atoms with van der Waals surface area (Å²) in [7, 11) is 1.57. The van der Waals surface area contributed by atoms with Crippen molar-refractivity contribution in [2.75, 3.05) is 7.11 Å². The number of halogens is 2. The van der Waals surface area contributed by atoms with Gasteiger partial charge in [-0.2, -0.15) is 0 Å². The highest BCUT2D eigenvalue weighted by atomic mass is 35.5. The van der Waals surface area contributed by atoms with Crippen molar-refractivity contribution in [2.24, 2.45) is 0 Å². The second-order valence-corrected chi connectivity index (χ2v) is 2.86. The Morgan fingerprint density at radius 2 is 2.09 bits per heavy atom. The van der Waals surface area contributed by atoms with Crippen molar-refractivity contribution >= 4 is 23.2 Å². The normalized spacial score (nSPS) is 10.1. The van der Waals surface area contributed by atoms with Gasteiger partial charge in [-0.3, -0.25) is 0 Å². The summed E-state index contributed by atoms with van der Waals surface area (Å²) in [4.78, 5) is 0. The molecule has 0 fully saturated rings. The van der Waals surface area contributed by atoms with Gasteiger partial charge in [0.05, 0.1) is 0 Å². The molecule has 0 atom stereocenters. The van der Waals surface area contributed by atoms with E-state index in [4.69, 9.17) is 27.9 Å². The van der Waals surface area contributed by atoms with E-state index in [2.05, 4.69) is 0 Å². The molecule has 0 aliphatic rings. The van der Waals surface area contributed by atoms with Crippen molar-refractivity contribution in [1.29, 1.82) is 0 Å². The Morgan fingerprint density at radius 1 is 1.36 bits per heavy atom. The predicted octanol–water partition coefficient (Wildman–Crippen LogP) is 3.15. The van der Waals surface area contributed by atoms with Crippen molar-refractivity contribution in [1.82, 2.24) is 0 Å². The molecule has 0 aliphatic carbocycles. The molecule has 0 saturated heterocycles. The summed E-state index contributed by atoms with van der Waals surface area (Å²) in [5.74, 6) is 0. The third kappa shape index (κ3) is 2.37. The maximum atomic E-state index is 5.81. The molecule has 0 saturated carbocycles. The predicted molar refractivity (Wildman–Crippen MR) is 46.9 cm³/mol. The van der Waals surface area contributed by atoms with Crippen LogP contribution in [0.3, 0.4) is 0 Å². The lowest BCUT2D eigenvalue weighted by Crippen LogP contribution is -1.84. The first-order chi connectivity index (χ1) is 5.24. The van der Waals surface area contributed by atoms with Crippen molar-refractivity contribution in [2.45, 2.75) is 0 Å². The summed E-state index contributed by atoms with van der Waals surface area (Å²) in [6.45, 7) is 1.55. The van der Waals surface area contributed by atoms with Crippen LogP contribution in [0.4, 0.5) is 0 Å². The van der Waals surface area contributed by atoms with Gasteiger partial charge in [-0.15, -0.1) is 0 Å². The minimum absolute atomic E-state index is 0.635. The first kappa shape index (κ1) is 8.85. The lowest BCUT2D eigenvalue weighted by Gasteiger charge is -2.01. The summed E-state index contributed by atoms with van der Waals surface area (Å²) in [5.41, 5.74) is 0.793. The van der Waals surface area contributed by atoms with Gasteiger partial charge in [0.15, 0.2) is 0 Å². The molecule has 11 heavy (non-hydrogen) atoms. The molecule has 1 aromatic carbocycles. The Kier molecular flexibility index (Phi) is 3.18. The smallest absolute Gasteiger partial charge is 0.114 e. The number of ether oxygens (including phenoxy) is 1. The highest BCUT2D eigenvalue weighted by molar-refractivity contribution is 6.33. The maximum absolute atomic E-state index is 5.81. The molecule has 0 amide bonds. The van der Waals surface area contributed by atoms with Crippen LogP contribution in [0.1, 0.15) is 5.56 Å². The molecule has 1 rings (SSSR count). The summed E-state index contributed by atoms with van der Waals surface area (Å²) >= 11 is 11.5. The molecule has 0 aromatic heterocycles. The molecule has 0 heterocycles. The van der Waals surface area contributed by atoms with Gasteiger partial charge in [0, 0.05) is 22.7 Å². The van der Waals surface area contributed by atoms with Crippen LogP contribution in [0.5, 0.6) is 0 Å². The first-order valence-corrected chi connectivity index (χ1v) is 3.80. The van der Waals surface area contributed by atoms with Gasteiger partial charge in [0.1, 0.15) is 6.61 Å². The fourth-order valence-electron chi connectivity index (χ4n) is 0.732. The van der Waals surface area contributed by atoms with Crippen LogP contribution in [-0.2, 0) is 4.74 Å². The highest BCUT2D eigenvalue weighted by Crippen LogP contribution is 2.21. The van der Waals surface area contributed by atoms with Gasteiger partial charge < -0.3 is 4.74 Å². The molecule has 1 aromatic rings. The van der Waals surface area contributed by atoms with Crippen molar-refractivity contribution in [3.05, 3.63) is 40.4 Å². The lowest BCUT2D eigenvalue weighted by molar-refractivity contribution is 0.292. The van der Waals surface area contributed by atoms with E-state index in [-0.39, 0.29) is 0 Å². The van der Waals surface area contributed by atoms with Crippen LogP contribution in [0.25, 0.3) is 0 Å². The number of hydrogen-bond acceptors (Lipinski definition) is 1. The fraction of sp³-hybridized carbons (Fsp3) is 0.125. The van der Waals surface area contributed by atoms with Crippen molar-refractivity contribution in [3.8, 4) is 0 Å². The van der Waals surface area contributed by atoms with Crippen LogP contribution in [-0.4, -0.2) is 7.11 Å². The zero-order valence-electron chi connectivity index (χ0n) is 5.97. The highest BCUT2D eigenvalue weighted by Gasteiger charge is 1.99. The Balaban J connectivity index is 2.93. The zero-order chi connectivity index (χ0) is 8.27. The van der Waals surface area contributed by atoms with Crippen molar-refractivity contribution < 1.29 is 4.74 Å². The minimum Gasteiger partial charge on any atom is -0.374 e. The standard InChI is InChI=1S/C8H7Cl2O/c1-11-5-6-4-7(9)2-3-8(6)10/h2-5H,1H3. The van der Waals surface area contributed by atoms with Gasteiger partial charge in [0.25, 0.3) is 0 Å². The number of rotatable bonds is 2. The van der Waals surface area contributed by atoms with E-state index >= 15 is 0 Å². The molecule has 0 bridgehead atoms. The molecular weight excluding hydrogens is 183 g/mol. The van der Waals surface area contributed by atoms with Crippen molar-refractivity contribution in [3.63, 3.8) is 0 Å². The van der Waals surface area contributed by atoms with Crippen LogP contribution >= 0.6 is 23.2 Å². The number of hydrogen-bond donors (Lipinski definition) is 0. The maximum Gasteiger partial charge on any atom is 0.114 e. The molecule has 1 radical (unpaired) electrons. The SMILES string of the molecule is CO[CH]c1cc(Cl)ccc1Cl. The molecule has 59 valence electrons. The van der Waals surface area contributed by atoms with Crippen LogP contribution in [0.2, 0.25) is 10.0 Å². The Morgan fingerprint density at radius 3 is 2.73 bits per heavy atom. The monoisotopic (exact) mass is 189 g/mol. The average molecular weight is 190 g/mol. The van der Waals surface area contributed by atoms with Gasteiger partial charge in [-0.1, -0.05) is 23.2 Å². The van der Waals surface area contributed by atoms with E-state index in [1.165, 1.54) is 0 Å². The largest absolute Gasteiger partial charge is 0.374 e. The van der Waals surface area contributed by atoms with E-state index in [1.807, 2.05) is 0 Å². The second kappa shape index (κ2) is 3.96. The molecular formula is C8H7Cl2O. The van der Waals surface area contributed by atoms with E-state index in [9.17, 15) is 0 Å². The van der Waals surface area contributed by atoms with Gasteiger partial charge in [-0.25, -0.2) is 0 Å². The minimum atomic E-state index is 0.635. The molecule has 0 aliphatic heterocycles. The van der Waals surface area contributed by atoms with Crippen LogP contribution < -0.4 is 0 Å². The van der Waals surface area contributed by atoms with Gasteiger partial charge >= 0.3 is 0 Å². The molecule has 0 N–H and O–H groups in total. The van der Waals surface area contributed by atoms with E-state index < -0.39 is 0 Å². The van der Waals surface area contributed by atoms with Crippen LogP contribution in [0.15, 0.2) is 18.2 Å². The summed E-state index contributed by atoms with van der Waals surface area (Å²) in [6, 6.07) is 5.21. The second-order valence-electron chi connectivity index (χ2n) is 2.02. The Hall–Kier alpha value is -0.240. The van der Waals surface area contributed by atoms with Crippen LogP contribution in [0, 0.1) is 6.61 Å². The van der Waals surface area contributed by atoms with Gasteiger partial charge in [0.2, 0.25) is 0 Å². The number of methoxy groups -OCH3 is 1. The third-order valence-corrected chi connectivity index (χ3v) is 1.78. The van der Waals surface area contributed by atoms with E-state index in [1.54, 1.807) is 31.9 Å². The zero-order valence-corrected chi connectivity index (χ0v) is 7.49. The average Bonchev–Trinajstić information content (AvgIpc) is 1.98.